The summed E-state index contributed by atoms with van der Waals surface area (Å²) in [5.41, 5.74) is 1.37. The summed E-state index contributed by atoms with van der Waals surface area (Å²) in [6, 6.07) is 7.64. The molecule has 1 aromatic carbocycles. The molecule has 0 spiro atoms. The summed E-state index contributed by atoms with van der Waals surface area (Å²) in [6.07, 6.45) is 0.235. The molecule has 0 aliphatic heterocycles. The van der Waals surface area contributed by atoms with E-state index in [2.05, 4.69) is 20.8 Å². The summed E-state index contributed by atoms with van der Waals surface area (Å²) in [5, 5.41) is 8.74. The van der Waals surface area contributed by atoms with Gasteiger partial charge < -0.3 is 9.84 Å². The number of benzene rings is 1. The van der Waals surface area contributed by atoms with Gasteiger partial charge in [0.05, 0.1) is 0 Å². The third-order valence-corrected chi connectivity index (χ3v) is 3.18. The average Bonchev–Trinajstić information content (AvgIpc) is 2.29. The first-order valence-corrected chi connectivity index (χ1v) is 5.87. The van der Waals surface area contributed by atoms with Gasteiger partial charge in [-0.15, -0.1) is 0 Å². The number of aliphatic carboxylic acids is 1. The van der Waals surface area contributed by atoms with E-state index in [0.717, 1.165) is 6.42 Å². The van der Waals surface area contributed by atoms with Crippen LogP contribution in [0.5, 0.6) is 5.75 Å². The van der Waals surface area contributed by atoms with Gasteiger partial charge in [0.15, 0.2) is 6.10 Å². The molecule has 0 aliphatic rings. The van der Waals surface area contributed by atoms with Crippen molar-refractivity contribution in [1.29, 1.82) is 0 Å². The van der Waals surface area contributed by atoms with Crippen molar-refractivity contribution < 1.29 is 14.6 Å². The minimum absolute atomic E-state index is 0.136. The molecule has 0 fully saturated rings. The van der Waals surface area contributed by atoms with Crippen LogP contribution in [0.1, 0.15) is 39.7 Å². The van der Waals surface area contributed by atoms with Crippen LogP contribution in [0.25, 0.3) is 0 Å². The van der Waals surface area contributed by atoms with Crippen LogP contribution in [-0.2, 0) is 10.2 Å². The maximum Gasteiger partial charge on any atom is 0.344 e. The number of carboxylic acids is 1. The van der Waals surface area contributed by atoms with E-state index >= 15 is 0 Å². The highest BCUT2D eigenvalue weighted by Crippen LogP contribution is 2.28. The number of rotatable bonds is 5. The third-order valence-electron chi connectivity index (χ3n) is 3.18. The van der Waals surface area contributed by atoms with E-state index in [1.54, 1.807) is 0 Å². The van der Waals surface area contributed by atoms with Gasteiger partial charge in [-0.25, -0.2) is 4.79 Å². The number of hydrogen-bond acceptors (Lipinski definition) is 2. The standard InChI is InChI=1S/C14H20O3/c1-5-14(3,4)11-6-8-12(9-7-11)17-10(2)13(15)16/h6-10H,5H2,1-4H3,(H,15,16)/t10-/m0/s1. The lowest BCUT2D eigenvalue weighted by Crippen LogP contribution is -2.23. The Morgan fingerprint density at radius 1 is 1.35 bits per heavy atom. The fourth-order valence-electron chi connectivity index (χ4n) is 1.44. The molecule has 1 aromatic rings. The molecule has 0 radical (unpaired) electrons. The lowest BCUT2D eigenvalue weighted by atomic mass is 9.82. The van der Waals surface area contributed by atoms with Gasteiger partial charge in [-0.2, -0.15) is 0 Å². The Morgan fingerprint density at radius 3 is 2.29 bits per heavy atom. The second-order valence-corrected chi connectivity index (χ2v) is 4.86. The fourth-order valence-corrected chi connectivity index (χ4v) is 1.44. The molecule has 0 bridgehead atoms. The molecular formula is C14H20O3. The molecule has 1 N–H and O–H groups in total. The molecule has 1 atom stereocenters. The summed E-state index contributed by atoms with van der Waals surface area (Å²) in [5.74, 6) is -0.362. The highest BCUT2D eigenvalue weighted by atomic mass is 16.5. The Morgan fingerprint density at radius 2 is 1.88 bits per heavy atom. The minimum atomic E-state index is -0.956. The van der Waals surface area contributed by atoms with E-state index in [1.807, 2.05) is 24.3 Å². The largest absolute Gasteiger partial charge is 0.479 e. The molecule has 0 saturated carbocycles. The highest BCUT2D eigenvalue weighted by Gasteiger charge is 2.18. The molecule has 1 rings (SSSR count). The van der Waals surface area contributed by atoms with Gasteiger partial charge in [0, 0.05) is 0 Å². The zero-order valence-electron chi connectivity index (χ0n) is 10.9. The van der Waals surface area contributed by atoms with E-state index in [9.17, 15) is 4.79 Å². The number of hydrogen-bond donors (Lipinski definition) is 1. The Bertz CT molecular complexity index is 379. The Balaban J connectivity index is 2.78. The molecule has 0 aromatic heterocycles. The molecule has 0 amide bonds. The van der Waals surface area contributed by atoms with Gasteiger partial charge in [-0.05, 0) is 36.5 Å². The summed E-state index contributed by atoms with van der Waals surface area (Å²) >= 11 is 0. The summed E-state index contributed by atoms with van der Waals surface area (Å²) < 4.78 is 5.28. The van der Waals surface area contributed by atoms with E-state index in [0.29, 0.717) is 5.75 Å². The van der Waals surface area contributed by atoms with Gasteiger partial charge in [0.1, 0.15) is 5.75 Å². The van der Waals surface area contributed by atoms with Gasteiger partial charge >= 0.3 is 5.97 Å². The second kappa shape index (κ2) is 5.21. The average molecular weight is 236 g/mol. The predicted molar refractivity (Wildman–Crippen MR) is 67.5 cm³/mol. The normalized spacial score (nSPS) is 13.2. The first kappa shape index (κ1) is 13.6. The minimum Gasteiger partial charge on any atom is -0.479 e. The molecule has 0 saturated heterocycles. The van der Waals surface area contributed by atoms with Crippen LogP contribution in [0.3, 0.4) is 0 Å². The van der Waals surface area contributed by atoms with Crippen molar-refractivity contribution in [3.05, 3.63) is 29.8 Å². The quantitative estimate of drug-likeness (QED) is 0.853. The van der Waals surface area contributed by atoms with Crippen LogP contribution >= 0.6 is 0 Å². The van der Waals surface area contributed by atoms with Crippen LogP contribution in [0.2, 0.25) is 0 Å². The van der Waals surface area contributed by atoms with Crippen LogP contribution in [0.4, 0.5) is 0 Å². The Labute approximate surface area is 102 Å². The molecule has 0 aliphatic carbocycles. The number of carbonyl (C=O) groups is 1. The Hall–Kier alpha value is -1.51. The molecule has 3 nitrogen and oxygen atoms in total. The maximum absolute atomic E-state index is 10.7. The summed E-state index contributed by atoms with van der Waals surface area (Å²) in [6.45, 7) is 8.04. The maximum atomic E-state index is 10.7. The number of ether oxygens (including phenoxy) is 1. The van der Waals surface area contributed by atoms with Crippen molar-refractivity contribution in [2.75, 3.05) is 0 Å². The zero-order valence-corrected chi connectivity index (χ0v) is 10.9. The smallest absolute Gasteiger partial charge is 0.344 e. The number of carboxylic acid groups (broad SMARTS) is 1. The van der Waals surface area contributed by atoms with Crippen LogP contribution in [0, 0.1) is 0 Å². The first-order chi connectivity index (χ1) is 7.86. The van der Waals surface area contributed by atoms with Crippen molar-refractivity contribution in [1.82, 2.24) is 0 Å². The second-order valence-electron chi connectivity index (χ2n) is 4.86. The highest BCUT2D eigenvalue weighted by molar-refractivity contribution is 5.72. The van der Waals surface area contributed by atoms with Crippen LogP contribution in [0.15, 0.2) is 24.3 Å². The van der Waals surface area contributed by atoms with Crippen molar-refractivity contribution in [3.63, 3.8) is 0 Å². The predicted octanol–water partition coefficient (Wildman–Crippen LogP) is 3.23. The topological polar surface area (TPSA) is 46.5 Å². The Kier molecular flexibility index (Phi) is 4.16. The van der Waals surface area contributed by atoms with E-state index < -0.39 is 12.1 Å². The monoisotopic (exact) mass is 236 g/mol. The van der Waals surface area contributed by atoms with Crippen molar-refractivity contribution in [3.8, 4) is 5.75 Å². The van der Waals surface area contributed by atoms with Gasteiger partial charge in [-0.1, -0.05) is 32.9 Å². The molecular weight excluding hydrogens is 216 g/mol. The van der Waals surface area contributed by atoms with Crippen LogP contribution < -0.4 is 4.74 Å². The summed E-state index contributed by atoms with van der Waals surface area (Å²) in [4.78, 5) is 10.7. The SMILES string of the molecule is CCC(C)(C)c1ccc(O[C@@H](C)C(=O)O)cc1. The lowest BCUT2D eigenvalue weighted by Gasteiger charge is -2.23. The zero-order chi connectivity index (χ0) is 13.1. The fraction of sp³-hybridized carbons (Fsp3) is 0.500. The first-order valence-electron chi connectivity index (χ1n) is 5.87. The molecule has 0 unspecified atom stereocenters. The third kappa shape index (κ3) is 3.48. The molecule has 3 heteroatoms. The molecule has 94 valence electrons. The van der Waals surface area contributed by atoms with Gasteiger partial charge in [0.25, 0.3) is 0 Å². The van der Waals surface area contributed by atoms with Crippen molar-refractivity contribution in [2.45, 2.75) is 45.6 Å². The van der Waals surface area contributed by atoms with E-state index in [-0.39, 0.29) is 5.41 Å². The lowest BCUT2D eigenvalue weighted by molar-refractivity contribution is -0.144. The van der Waals surface area contributed by atoms with Crippen molar-refractivity contribution >= 4 is 5.97 Å². The van der Waals surface area contributed by atoms with E-state index in [4.69, 9.17) is 9.84 Å². The van der Waals surface area contributed by atoms with Gasteiger partial charge in [0.2, 0.25) is 0 Å². The summed E-state index contributed by atoms with van der Waals surface area (Å²) in [7, 11) is 0. The molecule has 0 heterocycles. The molecule has 17 heavy (non-hydrogen) atoms. The van der Waals surface area contributed by atoms with Crippen molar-refractivity contribution in [2.24, 2.45) is 0 Å². The van der Waals surface area contributed by atoms with Crippen LogP contribution in [-0.4, -0.2) is 17.2 Å². The van der Waals surface area contributed by atoms with Gasteiger partial charge in [-0.3, -0.25) is 0 Å². The van der Waals surface area contributed by atoms with E-state index in [1.165, 1.54) is 12.5 Å².